The van der Waals surface area contributed by atoms with Crippen molar-refractivity contribution in [1.29, 1.82) is 0 Å². The SMILES string of the molecule is O=C(O)C(F)(F)F.O=C1CC[C@H](c2c(F)cc(N3CC[C@@H](C(=O)O)C3)cc2F)C(=O)N1. The predicted octanol–water partition coefficient (Wildman–Crippen LogP) is 2.03. The third kappa shape index (κ3) is 5.89. The third-order valence-electron chi connectivity index (χ3n) is 4.80. The number of carbonyl (C=O) groups is 4. The second-order valence-electron chi connectivity index (χ2n) is 6.90. The van der Waals surface area contributed by atoms with Gasteiger partial charge in [0.1, 0.15) is 11.6 Å². The van der Waals surface area contributed by atoms with Gasteiger partial charge in [0.2, 0.25) is 11.8 Å². The number of amides is 2. The van der Waals surface area contributed by atoms with Crippen LogP contribution in [0, 0.1) is 17.6 Å². The van der Waals surface area contributed by atoms with Crippen molar-refractivity contribution in [2.45, 2.75) is 31.4 Å². The Kier molecular flexibility index (Phi) is 7.18. The number of piperidine rings is 1. The van der Waals surface area contributed by atoms with E-state index in [1.54, 1.807) is 4.90 Å². The molecule has 31 heavy (non-hydrogen) atoms. The van der Waals surface area contributed by atoms with Gasteiger partial charge in [-0.1, -0.05) is 0 Å². The standard InChI is InChI=1S/C16H16F2N2O4.C2HF3O2/c17-11-5-9(20-4-3-8(7-20)16(23)24)6-12(18)14(11)10-1-2-13(21)19-15(10)22;3-2(4,5)1(6)7/h5-6,8,10H,1-4,7H2,(H,23,24)(H,19,21,22);(H,6,7)/t8-,10-;/m1./s1. The fourth-order valence-corrected chi connectivity index (χ4v) is 3.25. The number of benzene rings is 1. The van der Waals surface area contributed by atoms with E-state index in [1.165, 1.54) is 0 Å². The number of imide groups is 1. The van der Waals surface area contributed by atoms with Crippen LogP contribution in [0.25, 0.3) is 0 Å². The number of halogens is 5. The molecule has 2 fully saturated rings. The Labute approximate surface area is 171 Å². The lowest BCUT2D eigenvalue weighted by atomic mass is 9.89. The highest BCUT2D eigenvalue weighted by molar-refractivity contribution is 6.01. The molecule has 0 bridgehead atoms. The molecule has 170 valence electrons. The fourth-order valence-electron chi connectivity index (χ4n) is 3.25. The fraction of sp³-hybridized carbons (Fsp3) is 0.444. The van der Waals surface area contributed by atoms with E-state index < -0.39 is 53.4 Å². The molecule has 0 aliphatic carbocycles. The third-order valence-corrected chi connectivity index (χ3v) is 4.80. The maximum atomic E-state index is 14.4. The molecule has 2 aliphatic rings. The molecule has 0 spiro atoms. The van der Waals surface area contributed by atoms with Gasteiger partial charge in [-0.2, -0.15) is 13.2 Å². The molecule has 0 aromatic heterocycles. The molecule has 0 unspecified atom stereocenters. The zero-order chi connectivity index (χ0) is 23.5. The zero-order valence-electron chi connectivity index (χ0n) is 15.7. The minimum Gasteiger partial charge on any atom is -0.481 e. The predicted molar refractivity (Wildman–Crippen MR) is 93.1 cm³/mol. The van der Waals surface area contributed by atoms with Crippen molar-refractivity contribution in [3.8, 4) is 0 Å². The van der Waals surface area contributed by atoms with Crippen molar-refractivity contribution in [1.82, 2.24) is 5.32 Å². The number of alkyl halides is 3. The summed E-state index contributed by atoms with van der Waals surface area (Å²) in [6.07, 6.45) is -4.58. The van der Waals surface area contributed by atoms with Gasteiger partial charge in [0.25, 0.3) is 0 Å². The summed E-state index contributed by atoms with van der Waals surface area (Å²) in [5.41, 5.74) is -0.0949. The van der Waals surface area contributed by atoms with E-state index in [4.69, 9.17) is 15.0 Å². The molecule has 2 heterocycles. The van der Waals surface area contributed by atoms with Crippen molar-refractivity contribution in [2.75, 3.05) is 18.0 Å². The van der Waals surface area contributed by atoms with Gasteiger partial charge < -0.3 is 15.1 Å². The molecule has 2 aliphatic heterocycles. The smallest absolute Gasteiger partial charge is 0.481 e. The van der Waals surface area contributed by atoms with Crippen molar-refractivity contribution >= 4 is 29.4 Å². The van der Waals surface area contributed by atoms with E-state index in [1.807, 2.05) is 0 Å². The van der Waals surface area contributed by atoms with Crippen LogP contribution in [-0.4, -0.2) is 53.2 Å². The van der Waals surface area contributed by atoms with Gasteiger partial charge in [-0.15, -0.1) is 0 Å². The number of aliphatic carboxylic acids is 2. The molecular weight excluding hydrogens is 435 g/mol. The van der Waals surface area contributed by atoms with E-state index in [-0.39, 0.29) is 30.6 Å². The molecule has 1 aromatic rings. The van der Waals surface area contributed by atoms with Crippen molar-refractivity contribution in [2.24, 2.45) is 5.92 Å². The summed E-state index contributed by atoms with van der Waals surface area (Å²) in [6.45, 7) is 0.583. The summed E-state index contributed by atoms with van der Waals surface area (Å²) in [5.74, 6) is -8.18. The van der Waals surface area contributed by atoms with Crippen molar-refractivity contribution < 1.29 is 51.3 Å². The summed E-state index contributed by atoms with van der Waals surface area (Å²) in [6, 6.07) is 2.23. The molecule has 8 nitrogen and oxygen atoms in total. The number of hydrogen-bond acceptors (Lipinski definition) is 5. The van der Waals surface area contributed by atoms with E-state index in [0.29, 0.717) is 13.0 Å². The summed E-state index contributed by atoms with van der Waals surface area (Å²) in [7, 11) is 0. The molecule has 1 aromatic carbocycles. The quantitative estimate of drug-likeness (QED) is 0.474. The maximum absolute atomic E-state index is 14.4. The Morgan fingerprint density at radius 2 is 1.61 bits per heavy atom. The largest absolute Gasteiger partial charge is 0.490 e. The van der Waals surface area contributed by atoms with E-state index >= 15 is 0 Å². The molecular formula is C18H17F5N2O6. The number of rotatable bonds is 3. The van der Waals surface area contributed by atoms with Crippen LogP contribution in [0.4, 0.5) is 27.6 Å². The van der Waals surface area contributed by atoms with Crippen LogP contribution in [-0.2, 0) is 19.2 Å². The van der Waals surface area contributed by atoms with Gasteiger partial charge >= 0.3 is 18.1 Å². The Hall–Kier alpha value is -3.25. The minimum atomic E-state index is -5.08. The highest BCUT2D eigenvalue weighted by Crippen LogP contribution is 2.33. The van der Waals surface area contributed by atoms with Crippen LogP contribution in [0.3, 0.4) is 0 Å². The molecule has 2 atom stereocenters. The lowest BCUT2D eigenvalue weighted by molar-refractivity contribution is -0.192. The normalized spacial score (nSPS) is 21.3. The number of carboxylic acids is 2. The van der Waals surface area contributed by atoms with Gasteiger partial charge in [-0.05, 0) is 25.0 Å². The lowest BCUT2D eigenvalue weighted by Crippen LogP contribution is -2.40. The van der Waals surface area contributed by atoms with Gasteiger partial charge in [0.05, 0.1) is 11.8 Å². The first-order valence-electron chi connectivity index (χ1n) is 8.91. The molecule has 2 amide bonds. The zero-order valence-corrected chi connectivity index (χ0v) is 15.7. The Morgan fingerprint density at radius 1 is 1.06 bits per heavy atom. The average Bonchev–Trinajstić information content (AvgIpc) is 3.13. The molecule has 3 rings (SSSR count). The highest BCUT2D eigenvalue weighted by Gasteiger charge is 2.38. The average molecular weight is 452 g/mol. The van der Waals surface area contributed by atoms with Crippen LogP contribution < -0.4 is 10.2 Å². The van der Waals surface area contributed by atoms with Crippen LogP contribution in [0.1, 0.15) is 30.7 Å². The Balaban J connectivity index is 0.000000423. The highest BCUT2D eigenvalue weighted by atomic mass is 19.4. The van der Waals surface area contributed by atoms with Crippen LogP contribution in [0.2, 0.25) is 0 Å². The van der Waals surface area contributed by atoms with Gasteiger partial charge in [0.15, 0.2) is 0 Å². The first-order chi connectivity index (χ1) is 14.3. The second kappa shape index (κ2) is 9.27. The summed E-state index contributed by atoms with van der Waals surface area (Å²) in [5, 5.41) is 18.2. The van der Waals surface area contributed by atoms with Crippen LogP contribution >= 0.6 is 0 Å². The number of carbonyl (C=O) groups excluding carboxylic acids is 2. The summed E-state index contributed by atoms with van der Waals surface area (Å²) >= 11 is 0. The number of hydrogen-bond donors (Lipinski definition) is 3. The number of nitrogens with zero attached hydrogens (tertiary/aromatic N) is 1. The van der Waals surface area contributed by atoms with E-state index in [0.717, 1.165) is 12.1 Å². The van der Waals surface area contributed by atoms with E-state index in [2.05, 4.69) is 5.32 Å². The molecule has 2 saturated heterocycles. The van der Waals surface area contributed by atoms with Crippen LogP contribution in [0.5, 0.6) is 0 Å². The summed E-state index contributed by atoms with van der Waals surface area (Å²) in [4.78, 5) is 44.5. The maximum Gasteiger partial charge on any atom is 0.490 e. The van der Waals surface area contributed by atoms with Crippen molar-refractivity contribution in [3.05, 3.63) is 29.3 Å². The molecule has 3 N–H and O–H groups in total. The lowest BCUT2D eigenvalue weighted by Gasteiger charge is -2.24. The molecule has 0 saturated carbocycles. The Morgan fingerprint density at radius 3 is 2.03 bits per heavy atom. The minimum absolute atomic E-state index is 0.0312. The number of anilines is 1. The van der Waals surface area contributed by atoms with E-state index in [9.17, 15) is 36.3 Å². The number of nitrogens with one attached hydrogen (secondary N) is 1. The monoisotopic (exact) mass is 452 g/mol. The van der Waals surface area contributed by atoms with Gasteiger partial charge in [-0.3, -0.25) is 19.7 Å². The van der Waals surface area contributed by atoms with Gasteiger partial charge in [0, 0.05) is 30.8 Å². The number of carboxylic acid groups (broad SMARTS) is 2. The molecule has 13 heteroatoms. The topological polar surface area (TPSA) is 124 Å². The van der Waals surface area contributed by atoms with Gasteiger partial charge in [-0.25, -0.2) is 13.6 Å². The first kappa shape index (κ1) is 24.0. The molecule has 0 radical (unpaired) electrons. The van der Waals surface area contributed by atoms with Crippen LogP contribution in [0.15, 0.2) is 12.1 Å². The van der Waals surface area contributed by atoms with Crippen molar-refractivity contribution in [3.63, 3.8) is 0 Å². The first-order valence-corrected chi connectivity index (χ1v) is 8.91. The Bertz CT molecular complexity index is 881. The second-order valence-corrected chi connectivity index (χ2v) is 6.90. The summed E-state index contributed by atoms with van der Waals surface area (Å²) < 4.78 is 60.6.